The maximum absolute atomic E-state index is 12.1. The molecular weight excluding hydrogens is 436 g/mol. The Morgan fingerprint density at radius 2 is 1.62 bits per heavy atom. The lowest BCUT2D eigenvalue weighted by atomic mass is 9.98. The molecule has 0 saturated heterocycles. The highest BCUT2D eigenvalue weighted by Gasteiger charge is 2.29. The van der Waals surface area contributed by atoms with E-state index >= 15 is 0 Å². The van der Waals surface area contributed by atoms with Crippen LogP contribution in [-0.2, 0) is 19.1 Å². The number of hydrogen-bond donors (Lipinski definition) is 3. The number of carbonyl (C=O) groups excluding carboxylic acids is 2. The molecule has 8 heteroatoms. The largest absolute Gasteiger partial charge is 0.480 e. The highest BCUT2D eigenvalue weighted by molar-refractivity contribution is 5.96. The molecule has 2 amide bonds. The van der Waals surface area contributed by atoms with Gasteiger partial charge in [-0.2, -0.15) is 0 Å². The van der Waals surface area contributed by atoms with Gasteiger partial charge in [0.25, 0.3) is 5.91 Å². The molecule has 0 aromatic heterocycles. The second-order valence-electron chi connectivity index (χ2n) is 8.77. The SMILES string of the molecule is CC(C)(C)OC[C@H](NC(=O)C#CCNC(=O)OCC1c2ccccc2-c2ccccc21)C(=O)O. The predicted octanol–water partition coefficient (Wildman–Crippen LogP) is 2.91. The number of fused-ring (bicyclic) bond motifs is 3. The van der Waals surface area contributed by atoms with Crippen LogP contribution in [0, 0.1) is 11.8 Å². The van der Waals surface area contributed by atoms with Crippen LogP contribution in [0.4, 0.5) is 4.79 Å². The number of rotatable bonds is 7. The lowest BCUT2D eigenvalue weighted by Crippen LogP contribution is -2.45. The smallest absolute Gasteiger partial charge is 0.407 e. The molecule has 1 aliphatic rings. The summed E-state index contributed by atoms with van der Waals surface area (Å²) in [6.45, 7) is 5.19. The molecule has 8 nitrogen and oxygen atoms in total. The number of amides is 2. The van der Waals surface area contributed by atoms with Crippen LogP contribution in [0.3, 0.4) is 0 Å². The van der Waals surface area contributed by atoms with E-state index in [4.69, 9.17) is 9.47 Å². The van der Waals surface area contributed by atoms with Gasteiger partial charge in [-0.25, -0.2) is 9.59 Å². The van der Waals surface area contributed by atoms with E-state index in [-0.39, 0.29) is 25.7 Å². The second-order valence-corrected chi connectivity index (χ2v) is 8.77. The van der Waals surface area contributed by atoms with E-state index < -0.39 is 29.6 Å². The molecule has 3 N–H and O–H groups in total. The fourth-order valence-corrected chi connectivity index (χ4v) is 3.59. The third kappa shape index (κ3) is 6.59. The van der Waals surface area contributed by atoms with E-state index in [9.17, 15) is 19.5 Å². The van der Waals surface area contributed by atoms with Crippen LogP contribution in [0.1, 0.15) is 37.8 Å². The molecule has 0 fully saturated rings. The Balaban J connectivity index is 1.47. The van der Waals surface area contributed by atoms with Gasteiger partial charge in [-0.05, 0) is 48.9 Å². The molecule has 34 heavy (non-hydrogen) atoms. The first kappa shape index (κ1) is 24.8. The minimum atomic E-state index is -1.23. The van der Waals surface area contributed by atoms with E-state index in [2.05, 4.69) is 34.6 Å². The van der Waals surface area contributed by atoms with E-state index in [1.54, 1.807) is 20.8 Å². The van der Waals surface area contributed by atoms with E-state index in [0.717, 1.165) is 22.3 Å². The standard InChI is InChI=1S/C26H28N2O6/c1-26(2,3)34-16-22(24(30)31)28-23(29)13-8-14-27-25(32)33-15-21-19-11-6-4-9-17(19)18-10-5-7-12-20(18)21/h4-7,9-12,21-22H,14-16H2,1-3H3,(H,27,32)(H,28,29)(H,30,31)/t22-/m0/s1. The zero-order valence-electron chi connectivity index (χ0n) is 19.4. The van der Waals surface area contributed by atoms with Gasteiger partial charge in [0.2, 0.25) is 0 Å². The molecule has 2 aromatic rings. The van der Waals surface area contributed by atoms with Crippen molar-refractivity contribution in [3.63, 3.8) is 0 Å². The molecule has 1 aliphatic carbocycles. The molecule has 1 atom stereocenters. The number of carboxylic acid groups (broad SMARTS) is 1. The number of carboxylic acids is 1. The van der Waals surface area contributed by atoms with Crippen LogP contribution in [0.2, 0.25) is 0 Å². The molecule has 2 aromatic carbocycles. The van der Waals surface area contributed by atoms with Crippen molar-refractivity contribution in [3.8, 4) is 23.0 Å². The molecule has 0 bridgehead atoms. The number of ether oxygens (including phenoxy) is 2. The lowest BCUT2D eigenvalue weighted by molar-refractivity contribution is -0.144. The van der Waals surface area contributed by atoms with Gasteiger partial charge >= 0.3 is 12.1 Å². The maximum Gasteiger partial charge on any atom is 0.407 e. The molecule has 3 rings (SSSR count). The number of hydrogen-bond acceptors (Lipinski definition) is 5. The summed E-state index contributed by atoms with van der Waals surface area (Å²) in [6, 6.07) is 14.8. The Hall–Kier alpha value is -3.83. The summed E-state index contributed by atoms with van der Waals surface area (Å²) < 4.78 is 10.8. The van der Waals surface area contributed by atoms with Crippen LogP contribution in [0.15, 0.2) is 48.5 Å². The van der Waals surface area contributed by atoms with Crippen LogP contribution < -0.4 is 10.6 Å². The summed E-state index contributed by atoms with van der Waals surface area (Å²) in [6.07, 6.45) is -0.654. The Labute approximate surface area is 198 Å². The number of alkyl carbamates (subject to hydrolysis) is 1. The zero-order chi connectivity index (χ0) is 24.7. The first-order valence-electron chi connectivity index (χ1n) is 10.9. The first-order valence-corrected chi connectivity index (χ1v) is 10.9. The van der Waals surface area contributed by atoms with Crippen molar-refractivity contribution in [2.45, 2.75) is 38.3 Å². The van der Waals surface area contributed by atoms with Gasteiger partial charge in [-0.3, -0.25) is 4.79 Å². The molecule has 0 saturated carbocycles. The third-order valence-electron chi connectivity index (χ3n) is 5.15. The summed E-state index contributed by atoms with van der Waals surface area (Å²) >= 11 is 0. The fourth-order valence-electron chi connectivity index (χ4n) is 3.59. The van der Waals surface area contributed by atoms with Gasteiger partial charge < -0.3 is 25.2 Å². The van der Waals surface area contributed by atoms with Gasteiger partial charge in [0.05, 0.1) is 18.8 Å². The summed E-state index contributed by atoms with van der Waals surface area (Å²) in [5.74, 6) is 2.68. The lowest BCUT2D eigenvalue weighted by Gasteiger charge is -2.22. The Morgan fingerprint density at radius 3 is 2.18 bits per heavy atom. The second kappa shape index (κ2) is 10.9. The number of nitrogens with one attached hydrogen (secondary N) is 2. The molecule has 0 radical (unpaired) electrons. The normalized spacial score (nSPS) is 13.0. The summed E-state index contributed by atoms with van der Waals surface area (Å²) in [4.78, 5) is 35.3. The minimum absolute atomic E-state index is 0.0571. The topological polar surface area (TPSA) is 114 Å². The average molecular weight is 465 g/mol. The third-order valence-corrected chi connectivity index (χ3v) is 5.15. The van der Waals surface area contributed by atoms with Crippen LogP contribution in [0.5, 0.6) is 0 Å². The molecule has 178 valence electrons. The van der Waals surface area contributed by atoms with Gasteiger partial charge in [0.15, 0.2) is 6.04 Å². The number of benzene rings is 2. The van der Waals surface area contributed by atoms with Gasteiger partial charge in [-0.15, -0.1) is 0 Å². The maximum atomic E-state index is 12.1. The van der Waals surface area contributed by atoms with Gasteiger partial charge in [0.1, 0.15) is 6.61 Å². The molecular formula is C26H28N2O6. The molecule has 0 unspecified atom stereocenters. The summed E-state index contributed by atoms with van der Waals surface area (Å²) in [5.41, 5.74) is 3.94. The van der Waals surface area contributed by atoms with Gasteiger partial charge in [0, 0.05) is 5.92 Å². The van der Waals surface area contributed by atoms with E-state index in [1.165, 1.54) is 0 Å². The highest BCUT2D eigenvalue weighted by atomic mass is 16.5. The molecule has 0 aliphatic heterocycles. The Morgan fingerprint density at radius 1 is 1.03 bits per heavy atom. The van der Waals surface area contributed by atoms with Crippen molar-refractivity contribution in [1.29, 1.82) is 0 Å². The van der Waals surface area contributed by atoms with E-state index in [0.29, 0.717) is 0 Å². The Bertz CT molecular complexity index is 1080. The summed E-state index contributed by atoms with van der Waals surface area (Å²) in [5, 5.41) is 14.0. The molecule has 0 heterocycles. The van der Waals surface area contributed by atoms with Crippen LogP contribution in [0.25, 0.3) is 11.1 Å². The number of aliphatic carboxylic acids is 1. The van der Waals surface area contributed by atoms with Crippen molar-refractivity contribution >= 4 is 18.0 Å². The van der Waals surface area contributed by atoms with Crippen LogP contribution >= 0.6 is 0 Å². The molecule has 0 spiro atoms. The van der Waals surface area contributed by atoms with Crippen molar-refractivity contribution in [2.24, 2.45) is 0 Å². The van der Waals surface area contributed by atoms with Crippen molar-refractivity contribution in [3.05, 3.63) is 59.7 Å². The number of carbonyl (C=O) groups is 3. The van der Waals surface area contributed by atoms with Gasteiger partial charge in [-0.1, -0.05) is 54.5 Å². The quantitative estimate of drug-likeness (QED) is 0.543. The van der Waals surface area contributed by atoms with Crippen molar-refractivity contribution in [1.82, 2.24) is 10.6 Å². The zero-order valence-corrected chi connectivity index (χ0v) is 19.4. The van der Waals surface area contributed by atoms with Crippen molar-refractivity contribution in [2.75, 3.05) is 19.8 Å². The first-order chi connectivity index (χ1) is 16.2. The van der Waals surface area contributed by atoms with Crippen molar-refractivity contribution < 1.29 is 29.0 Å². The Kier molecular flexibility index (Phi) is 7.92. The monoisotopic (exact) mass is 464 g/mol. The minimum Gasteiger partial charge on any atom is -0.480 e. The predicted molar refractivity (Wildman–Crippen MR) is 126 cm³/mol. The average Bonchev–Trinajstić information content (AvgIpc) is 3.11. The fraction of sp³-hybridized carbons (Fsp3) is 0.346. The highest BCUT2D eigenvalue weighted by Crippen LogP contribution is 2.44. The summed E-state index contributed by atoms with van der Waals surface area (Å²) in [7, 11) is 0. The van der Waals surface area contributed by atoms with E-state index in [1.807, 2.05) is 36.4 Å². The van der Waals surface area contributed by atoms with Crippen LogP contribution in [-0.4, -0.2) is 54.5 Å².